The monoisotopic (exact) mass is 366 g/mol. The van der Waals surface area contributed by atoms with Crippen molar-refractivity contribution < 1.29 is 14.3 Å². The normalized spacial score (nSPS) is 10.6. The van der Waals surface area contributed by atoms with Crippen LogP contribution in [0.4, 0.5) is 0 Å². The van der Waals surface area contributed by atoms with Crippen molar-refractivity contribution in [2.45, 2.75) is 6.92 Å². The minimum absolute atomic E-state index is 0.105. The predicted molar refractivity (Wildman–Crippen MR) is 102 cm³/mol. The van der Waals surface area contributed by atoms with Gasteiger partial charge in [0.25, 0.3) is 5.91 Å². The molecular weight excluding hydrogens is 344 g/mol. The third-order valence-corrected chi connectivity index (χ3v) is 3.88. The van der Waals surface area contributed by atoms with E-state index in [1.807, 2.05) is 61.5 Å². The molecule has 0 aliphatic heterocycles. The largest absolute Gasteiger partial charge is 0.497 e. The summed E-state index contributed by atoms with van der Waals surface area (Å²) in [5.74, 6) is 1.04. The molecule has 0 aliphatic carbocycles. The number of hydrogen-bond acceptors (Lipinski definition) is 5. The van der Waals surface area contributed by atoms with Crippen molar-refractivity contribution >= 4 is 5.91 Å². The standard InChI is InChI=1S/C20H22N4O3/c1-3-27-13-12-21-20(25)18-22-19(15-8-7-11-17(14-15)26-2)24(23-18)16-9-5-4-6-10-16/h4-11,14H,3,12-13H2,1-2H3,(H,21,25). The lowest BCUT2D eigenvalue weighted by atomic mass is 10.2. The second-order valence-corrected chi connectivity index (χ2v) is 5.69. The molecular formula is C20H22N4O3. The average Bonchev–Trinajstić information content (AvgIpc) is 3.17. The van der Waals surface area contributed by atoms with Crippen molar-refractivity contribution in [2.75, 3.05) is 26.9 Å². The van der Waals surface area contributed by atoms with Crippen LogP contribution >= 0.6 is 0 Å². The predicted octanol–water partition coefficient (Wildman–Crippen LogP) is 2.71. The molecule has 1 aromatic heterocycles. The molecule has 0 aliphatic rings. The van der Waals surface area contributed by atoms with Gasteiger partial charge in [-0.3, -0.25) is 4.79 Å². The van der Waals surface area contributed by atoms with Crippen molar-refractivity contribution in [1.82, 2.24) is 20.1 Å². The second-order valence-electron chi connectivity index (χ2n) is 5.69. The maximum absolute atomic E-state index is 12.4. The number of aromatic nitrogens is 3. The highest BCUT2D eigenvalue weighted by Gasteiger charge is 2.18. The third-order valence-electron chi connectivity index (χ3n) is 3.88. The molecule has 0 saturated heterocycles. The zero-order valence-electron chi connectivity index (χ0n) is 15.4. The Morgan fingerprint density at radius 1 is 1.15 bits per heavy atom. The number of carbonyl (C=O) groups excluding carboxylic acids is 1. The molecule has 140 valence electrons. The van der Waals surface area contributed by atoms with Crippen LogP contribution in [0, 0.1) is 0 Å². The molecule has 1 heterocycles. The number of amides is 1. The van der Waals surface area contributed by atoms with Crippen LogP contribution in [-0.4, -0.2) is 47.5 Å². The Balaban J connectivity index is 1.95. The number of nitrogens with zero attached hydrogens (tertiary/aromatic N) is 3. The van der Waals surface area contributed by atoms with E-state index in [4.69, 9.17) is 9.47 Å². The molecule has 0 unspecified atom stereocenters. The lowest BCUT2D eigenvalue weighted by molar-refractivity contribution is 0.0912. The van der Waals surface area contributed by atoms with Gasteiger partial charge in [0.1, 0.15) is 5.75 Å². The highest BCUT2D eigenvalue weighted by atomic mass is 16.5. The molecule has 3 aromatic rings. The minimum atomic E-state index is -0.339. The first-order valence-electron chi connectivity index (χ1n) is 8.75. The van der Waals surface area contributed by atoms with Crippen LogP contribution in [0.1, 0.15) is 17.5 Å². The maximum Gasteiger partial charge on any atom is 0.291 e. The fourth-order valence-electron chi connectivity index (χ4n) is 2.57. The van der Waals surface area contributed by atoms with E-state index in [1.165, 1.54) is 0 Å². The molecule has 0 atom stereocenters. The van der Waals surface area contributed by atoms with Gasteiger partial charge in [0.05, 0.1) is 19.4 Å². The van der Waals surface area contributed by atoms with Gasteiger partial charge >= 0.3 is 0 Å². The van der Waals surface area contributed by atoms with Crippen LogP contribution in [0.2, 0.25) is 0 Å². The molecule has 0 saturated carbocycles. The molecule has 0 fully saturated rings. The molecule has 0 bridgehead atoms. The molecule has 2 aromatic carbocycles. The number of rotatable bonds is 8. The number of benzene rings is 2. The van der Waals surface area contributed by atoms with Crippen molar-refractivity contribution in [3.63, 3.8) is 0 Å². The first-order chi connectivity index (χ1) is 13.2. The van der Waals surface area contributed by atoms with Gasteiger partial charge in [-0.2, -0.15) is 0 Å². The quantitative estimate of drug-likeness (QED) is 0.620. The summed E-state index contributed by atoms with van der Waals surface area (Å²) in [6.07, 6.45) is 0. The Bertz CT molecular complexity index is 893. The third kappa shape index (κ3) is 4.51. The zero-order chi connectivity index (χ0) is 19.1. The second kappa shape index (κ2) is 8.95. The van der Waals surface area contributed by atoms with Crippen LogP contribution in [0.5, 0.6) is 5.75 Å². The van der Waals surface area contributed by atoms with E-state index in [0.717, 1.165) is 11.3 Å². The first-order valence-corrected chi connectivity index (χ1v) is 8.75. The van der Waals surface area contributed by atoms with Crippen molar-refractivity contribution in [3.05, 3.63) is 60.4 Å². The SMILES string of the molecule is CCOCCNC(=O)c1nc(-c2cccc(OC)c2)n(-c2ccccc2)n1. The highest BCUT2D eigenvalue weighted by molar-refractivity contribution is 5.91. The maximum atomic E-state index is 12.4. The van der Waals surface area contributed by atoms with Gasteiger partial charge in [0.15, 0.2) is 5.82 Å². The summed E-state index contributed by atoms with van der Waals surface area (Å²) in [7, 11) is 1.61. The topological polar surface area (TPSA) is 78.3 Å². The summed E-state index contributed by atoms with van der Waals surface area (Å²) < 4.78 is 12.2. The van der Waals surface area contributed by atoms with Gasteiger partial charge in [0.2, 0.25) is 5.82 Å². The van der Waals surface area contributed by atoms with Gasteiger partial charge in [-0.25, -0.2) is 9.67 Å². The fourth-order valence-corrected chi connectivity index (χ4v) is 2.57. The van der Waals surface area contributed by atoms with Gasteiger partial charge in [-0.15, -0.1) is 5.10 Å². The number of nitrogens with one attached hydrogen (secondary N) is 1. The van der Waals surface area contributed by atoms with E-state index < -0.39 is 0 Å². The summed E-state index contributed by atoms with van der Waals surface area (Å²) in [4.78, 5) is 16.9. The lowest BCUT2D eigenvalue weighted by Crippen LogP contribution is -2.28. The van der Waals surface area contributed by atoms with Crippen LogP contribution in [0.25, 0.3) is 17.1 Å². The van der Waals surface area contributed by atoms with Gasteiger partial charge in [-0.05, 0) is 31.2 Å². The number of para-hydroxylation sites is 1. The minimum Gasteiger partial charge on any atom is -0.497 e. The fraction of sp³-hybridized carbons (Fsp3) is 0.250. The molecule has 7 heteroatoms. The molecule has 1 amide bonds. The van der Waals surface area contributed by atoms with Crippen LogP contribution < -0.4 is 10.1 Å². The van der Waals surface area contributed by atoms with Crippen molar-refractivity contribution in [1.29, 1.82) is 0 Å². The van der Waals surface area contributed by atoms with Crippen LogP contribution in [-0.2, 0) is 4.74 Å². The smallest absolute Gasteiger partial charge is 0.291 e. The van der Waals surface area contributed by atoms with Gasteiger partial charge in [-0.1, -0.05) is 30.3 Å². The van der Waals surface area contributed by atoms with Crippen molar-refractivity contribution in [3.8, 4) is 22.8 Å². The van der Waals surface area contributed by atoms with E-state index in [0.29, 0.717) is 31.3 Å². The summed E-state index contributed by atoms with van der Waals surface area (Å²) in [5, 5.41) is 7.20. The van der Waals surface area contributed by atoms with Gasteiger partial charge in [0, 0.05) is 18.7 Å². The molecule has 7 nitrogen and oxygen atoms in total. The van der Waals surface area contributed by atoms with Crippen LogP contribution in [0.3, 0.4) is 0 Å². The molecule has 0 spiro atoms. The lowest BCUT2D eigenvalue weighted by Gasteiger charge is -2.07. The average molecular weight is 366 g/mol. The number of hydrogen-bond donors (Lipinski definition) is 1. The Hall–Kier alpha value is -3.19. The summed E-state index contributed by atoms with van der Waals surface area (Å²) >= 11 is 0. The Kier molecular flexibility index (Phi) is 6.17. The number of methoxy groups -OCH3 is 1. The van der Waals surface area contributed by atoms with E-state index in [9.17, 15) is 4.79 Å². The number of carbonyl (C=O) groups is 1. The van der Waals surface area contributed by atoms with Gasteiger partial charge < -0.3 is 14.8 Å². The highest BCUT2D eigenvalue weighted by Crippen LogP contribution is 2.24. The van der Waals surface area contributed by atoms with Crippen LogP contribution in [0.15, 0.2) is 54.6 Å². The molecule has 0 radical (unpaired) electrons. The number of ether oxygens (including phenoxy) is 2. The Morgan fingerprint density at radius 3 is 2.70 bits per heavy atom. The van der Waals surface area contributed by atoms with Crippen molar-refractivity contribution in [2.24, 2.45) is 0 Å². The van der Waals surface area contributed by atoms with E-state index in [2.05, 4.69) is 15.4 Å². The molecule has 3 rings (SSSR count). The first kappa shape index (κ1) is 18.6. The molecule has 27 heavy (non-hydrogen) atoms. The summed E-state index contributed by atoms with van der Waals surface area (Å²) in [6.45, 7) is 3.37. The summed E-state index contributed by atoms with van der Waals surface area (Å²) in [6, 6.07) is 17.1. The zero-order valence-corrected chi connectivity index (χ0v) is 15.4. The van der Waals surface area contributed by atoms with E-state index in [-0.39, 0.29) is 11.7 Å². The van der Waals surface area contributed by atoms with E-state index >= 15 is 0 Å². The Labute approximate surface area is 158 Å². The molecule has 1 N–H and O–H groups in total. The Morgan fingerprint density at radius 2 is 1.96 bits per heavy atom. The van der Waals surface area contributed by atoms with E-state index in [1.54, 1.807) is 11.8 Å². The summed E-state index contributed by atoms with van der Waals surface area (Å²) in [5.41, 5.74) is 1.62.